The number of rotatable bonds is 4. The van der Waals surface area contributed by atoms with E-state index in [1.54, 1.807) is 0 Å². The van der Waals surface area contributed by atoms with Crippen LogP contribution >= 0.6 is 0 Å². The molecule has 0 unspecified atom stereocenters. The zero-order chi connectivity index (χ0) is 13.8. The zero-order valence-electron chi connectivity index (χ0n) is 11.3. The van der Waals surface area contributed by atoms with Crippen molar-refractivity contribution in [2.75, 3.05) is 0 Å². The second-order valence-corrected chi connectivity index (χ2v) is 4.72. The molecular weight excluding hydrogens is 244 g/mol. The van der Waals surface area contributed by atoms with Gasteiger partial charge in [-0.3, -0.25) is 0 Å². The summed E-state index contributed by atoms with van der Waals surface area (Å²) in [5.41, 5.74) is 1.24. The van der Waals surface area contributed by atoms with E-state index in [1.807, 2.05) is 42.5 Å². The van der Waals surface area contributed by atoms with Crippen LogP contribution in [0.25, 0.3) is 10.8 Å². The van der Waals surface area contributed by atoms with E-state index < -0.39 is 0 Å². The van der Waals surface area contributed by atoms with Crippen molar-refractivity contribution in [1.82, 2.24) is 0 Å². The van der Waals surface area contributed by atoms with Crippen molar-refractivity contribution in [3.63, 3.8) is 0 Å². The molecule has 0 bridgehead atoms. The Balaban J connectivity index is 1.91. The van der Waals surface area contributed by atoms with Gasteiger partial charge in [0.15, 0.2) is 0 Å². The SMILES string of the molecule is C=CCc1ccc(Oc2cccc3ccccc23)cc1. The lowest BCUT2D eigenvalue weighted by molar-refractivity contribution is 0.488. The van der Waals surface area contributed by atoms with Crippen LogP contribution in [0, 0.1) is 0 Å². The van der Waals surface area contributed by atoms with E-state index in [2.05, 4.69) is 36.9 Å². The molecule has 0 aromatic heterocycles. The molecule has 0 aliphatic carbocycles. The maximum Gasteiger partial charge on any atom is 0.135 e. The molecule has 1 nitrogen and oxygen atoms in total. The molecule has 0 aliphatic heterocycles. The van der Waals surface area contributed by atoms with Crippen LogP contribution < -0.4 is 4.74 Å². The van der Waals surface area contributed by atoms with Gasteiger partial charge in [0.2, 0.25) is 0 Å². The summed E-state index contributed by atoms with van der Waals surface area (Å²) in [6.07, 6.45) is 2.79. The summed E-state index contributed by atoms with van der Waals surface area (Å²) in [6, 6.07) is 22.5. The highest BCUT2D eigenvalue weighted by Crippen LogP contribution is 2.29. The molecule has 1 heteroatoms. The topological polar surface area (TPSA) is 9.23 Å². The van der Waals surface area contributed by atoms with Gasteiger partial charge < -0.3 is 4.74 Å². The van der Waals surface area contributed by atoms with Gasteiger partial charge in [-0.15, -0.1) is 6.58 Å². The maximum absolute atomic E-state index is 6.00. The molecule has 0 saturated carbocycles. The van der Waals surface area contributed by atoms with E-state index in [4.69, 9.17) is 4.74 Å². The van der Waals surface area contributed by atoms with Crippen LogP contribution in [0.15, 0.2) is 79.4 Å². The third kappa shape index (κ3) is 2.57. The molecule has 3 rings (SSSR count). The van der Waals surface area contributed by atoms with Crippen molar-refractivity contribution in [1.29, 1.82) is 0 Å². The lowest BCUT2D eigenvalue weighted by atomic mass is 10.1. The Bertz CT molecular complexity index is 721. The zero-order valence-corrected chi connectivity index (χ0v) is 11.3. The van der Waals surface area contributed by atoms with Crippen molar-refractivity contribution in [3.05, 3.63) is 84.9 Å². The van der Waals surface area contributed by atoms with Crippen LogP contribution in [0.1, 0.15) is 5.56 Å². The smallest absolute Gasteiger partial charge is 0.135 e. The highest BCUT2D eigenvalue weighted by atomic mass is 16.5. The first kappa shape index (κ1) is 12.5. The van der Waals surface area contributed by atoms with E-state index >= 15 is 0 Å². The Labute approximate surface area is 119 Å². The Hall–Kier alpha value is -2.54. The molecule has 98 valence electrons. The van der Waals surface area contributed by atoms with Crippen LogP contribution in [-0.2, 0) is 6.42 Å². The number of fused-ring (bicyclic) bond motifs is 1. The monoisotopic (exact) mass is 260 g/mol. The normalized spacial score (nSPS) is 10.4. The van der Waals surface area contributed by atoms with Gasteiger partial charge in [0.25, 0.3) is 0 Å². The maximum atomic E-state index is 6.00. The van der Waals surface area contributed by atoms with Gasteiger partial charge in [-0.05, 0) is 35.6 Å². The molecule has 20 heavy (non-hydrogen) atoms. The first-order chi connectivity index (χ1) is 9.86. The van der Waals surface area contributed by atoms with E-state index in [1.165, 1.54) is 10.9 Å². The predicted molar refractivity (Wildman–Crippen MR) is 84.4 cm³/mol. The molecule has 0 atom stereocenters. The molecular formula is C19H16O. The minimum atomic E-state index is 0.856. The van der Waals surface area contributed by atoms with Crippen LogP contribution in [0.5, 0.6) is 11.5 Å². The highest BCUT2D eigenvalue weighted by Gasteiger charge is 2.02. The fourth-order valence-electron chi connectivity index (χ4n) is 2.27. The van der Waals surface area contributed by atoms with Crippen LogP contribution in [0.2, 0.25) is 0 Å². The Kier molecular flexibility index (Phi) is 3.51. The van der Waals surface area contributed by atoms with E-state index in [9.17, 15) is 0 Å². The molecule has 0 saturated heterocycles. The van der Waals surface area contributed by atoms with Crippen LogP contribution in [0.3, 0.4) is 0 Å². The molecule has 3 aromatic rings. The van der Waals surface area contributed by atoms with Gasteiger partial charge in [-0.25, -0.2) is 0 Å². The minimum Gasteiger partial charge on any atom is -0.457 e. The second kappa shape index (κ2) is 5.62. The summed E-state index contributed by atoms with van der Waals surface area (Å²) in [7, 11) is 0. The van der Waals surface area contributed by atoms with E-state index in [0.29, 0.717) is 0 Å². The number of ether oxygens (including phenoxy) is 1. The fraction of sp³-hybridized carbons (Fsp3) is 0.0526. The first-order valence-corrected chi connectivity index (χ1v) is 6.72. The van der Waals surface area contributed by atoms with Crippen molar-refractivity contribution in [2.45, 2.75) is 6.42 Å². The van der Waals surface area contributed by atoms with Crippen molar-refractivity contribution in [2.24, 2.45) is 0 Å². The number of hydrogen-bond donors (Lipinski definition) is 0. The molecule has 0 fully saturated rings. The molecule has 3 aromatic carbocycles. The quantitative estimate of drug-likeness (QED) is 0.574. The largest absolute Gasteiger partial charge is 0.457 e. The van der Waals surface area contributed by atoms with Gasteiger partial charge in [-0.1, -0.05) is 54.6 Å². The van der Waals surface area contributed by atoms with Gasteiger partial charge >= 0.3 is 0 Å². The Morgan fingerprint density at radius 3 is 2.40 bits per heavy atom. The summed E-state index contributed by atoms with van der Waals surface area (Å²) in [5, 5.41) is 2.32. The number of benzene rings is 3. The summed E-state index contributed by atoms with van der Waals surface area (Å²) in [4.78, 5) is 0. The standard InChI is InChI=1S/C19H16O/c1-2-6-15-11-13-17(14-12-15)20-19-10-5-8-16-7-3-4-9-18(16)19/h2-5,7-14H,1,6H2. The summed E-state index contributed by atoms with van der Waals surface area (Å²) >= 11 is 0. The Morgan fingerprint density at radius 2 is 1.60 bits per heavy atom. The van der Waals surface area contributed by atoms with Crippen LogP contribution in [0.4, 0.5) is 0 Å². The molecule has 0 radical (unpaired) electrons. The minimum absolute atomic E-state index is 0.856. The molecule has 0 heterocycles. The molecule has 0 spiro atoms. The first-order valence-electron chi connectivity index (χ1n) is 6.72. The van der Waals surface area contributed by atoms with Crippen LogP contribution in [-0.4, -0.2) is 0 Å². The summed E-state index contributed by atoms with van der Waals surface area (Å²) in [6.45, 7) is 3.75. The average Bonchev–Trinajstić information content (AvgIpc) is 2.50. The Morgan fingerprint density at radius 1 is 0.850 bits per heavy atom. The fourth-order valence-corrected chi connectivity index (χ4v) is 2.27. The van der Waals surface area contributed by atoms with Gasteiger partial charge in [0.05, 0.1) is 0 Å². The van der Waals surface area contributed by atoms with E-state index in [0.717, 1.165) is 23.3 Å². The molecule has 0 N–H and O–H groups in total. The number of hydrogen-bond acceptors (Lipinski definition) is 1. The molecule has 0 aliphatic rings. The average molecular weight is 260 g/mol. The highest BCUT2D eigenvalue weighted by molar-refractivity contribution is 5.88. The lowest BCUT2D eigenvalue weighted by Crippen LogP contribution is -1.87. The second-order valence-electron chi connectivity index (χ2n) is 4.72. The molecule has 0 amide bonds. The van der Waals surface area contributed by atoms with Gasteiger partial charge in [0, 0.05) is 5.39 Å². The van der Waals surface area contributed by atoms with Gasteiger partial charge in [0.1, 0.15) is 11.5 Å². The lowest BCUT2D eigenvalue weighted by Gasteiger charge is -2.09. The third-order valence-electron chi connectivity index (χ3n) is 3.28. The van der Waals surface area contributed by atoms with E-state index in [-0.39, 0.29) is 0 Å². The summed E-state index contributed by atoms with van der Waals surface area (Å²) in [5.74, 6) is 1.74. The van der Waals surface area contributed by atoms with Gasteiger partial charge in [-0.2, -0.15) is 0 Å². The van der Waals surface area contributed by atoms with Crippen molar-refractivity contribution < 1.29 is 4.74 Å². The predicted octanol–water partition coefficient (Wildman–Crippen LogP) is 5.36. The van der Waals surface area contributed by atoms with Crippen molar-refractivity contribution >= 4 is 10.8 Å². The van der Waals surface area contributed by atoms with Crippen molar-refractivity contribution in [3.8, 4) is 11.5 Å². The third-order valence-corrected chi connectivity index (χ3v) is 3.28. The summed E-state index contributed by atoms with van der Waals surface area (Å²) < 4.78 is 6.00. The number of allylic oxidation sites excluding steroid dienone is 1.